The highest BCUT2D eigenvalue weighted by molar-refractivity contribution is 5.84. The summed E-state index contributed by atoms with van der Waals surface area (Å²) in [5.74, 6) is -0.998. The summed E-state index contributed by atoms with van der Waals surface area (Å²) in [4.78, 5) is 20.6. The van der Waals surface area contributed by atoms with Crippen LogP contribution in [-0.4, -0.2) is 53.4 Å². The number of hydrogen-bond donors (Lipinski definition) is 3. The van der Waals surface area contributed by atoms with Crippen LogP contribution in [0.2, 0.25) is 0 Å². The molecule has 2 aromatic rings. The smallest absolute Gasteiger partial charge is 0.320 e. The molecule has 0 aromatic carbocycles. The summed E-state index contributed by atoms with van der Waals surface area (Å²) in [6.45, 7) is 3.09. The van der Waals surface area contributed by atoms with Gasteiger partial charge in [0.2, 0.25) is 0 Å². The maximum atomic E-state index is 10.9. The summed E-state index contributed by atoms with van der Waals surface area (Å²) in [7, 11) is 0. The number of carboxylic acids is 1. The lowest BCUT2D eigenvalue weighted by molar-refractivity contribution is -0.138. The first-order chi connectivity index (χ1) is 10.1. The predicted molar refractivity (Wildman–Crippen MR) is 78.4 cm³/mol. The van der Waals surface area contributed by atoms with Gasteiger partial charge in [0.25, 0.3) is 0 Å². The minimum atomic E-state index is -0.998. The molecule has 1 fully saturated rings. The van der Waals surface area contributed by atoms with Crippen molar-refractivity contribution in [2.45, 2.75) is 12.5 Å². The molecule has 0 amide bonds. The van der Waals surface area contributed by atoms with Gasteiger partial charge in [-0.3, -0.25) is 4.79 Å². The number of aromatic nitrogens is 2. The Morgan fingerprint density at radius 1 is 1.52 bits per heavy atom. The van der Waals surface area contributed by atoms with Crippen LogP contribution < -0.4 is 10.6 Å². The Balaban J connectivity index is 1.90. The number of nitrogens with two attached hydrogens (primary N) is 1. The molecule has 112 valence electrons. The van der Waals surface area contributed by atoms with Crippen molar-refractivity contribution in [3.63, 3.8) is 0 Å². The van der Waals surface area contributed by atoms with Crippen molar-refractivity contribution in [3.05, 3.63) is 24.0 Å². The van der Waals surface area contributed by atoms with E-state index in [1.165, 1.54) is 0 Å². The van der Waals surface area contributed by atoms with Crippen LogP contribution in [0, 0.1) is 0 Å². The van der Waals surface area contributed by atoms with Gasteiger partial charge in [0.15, 0.2) is 0 Å². The molecule has 7 nitrogen and oxygen atoms in total. The number of carboxylic acid groups (broad SMARTS) is 1. The third-order valence-corrected chi connectivity index (χ3v) is 3.74. The number of H-pyrrole nitrogens is 1. The molecule has 7 heteroatoms. The van der Waals surface area contributed by atoms with E-state index < -0.39 is 12.0 Å². The highest BCUT2D eigenvalue weighted by atomic mass is 16.5. The van der Waals surface area contributed by atoms with Crippen molar-refractivity contribution in [2.75, 3.05) is 31.2 Å². The number of anilines is 1. The zero-order valence-corrected chi connectivity index (χ0v) is 11.6. The van der Waals surface area contributed by atoms with Crippen molar-refractivity contribution in [1.29, 1.82) is 0 Å². The molecule has 21 heavy (non-hydrogen) atoms. The molecular formula is C14H18N4O3. The number of nitrogens with zero attached hydrogens (tertiary/aromatic N) is 2. The molecule has 0 bridgehead atoms. The number of rotatable bonds is 4. The third kappa shape index (κ3) is 2.84. The zero-order valence-electron chi connectivity index (χ0n) is 11.6. The molecule has 3 rings (SSSR count). The van der Waals surface area contributed by atoms with Crippen LogP contribution >= 0.6 is 0 Å². The fraction of sp³-hybridized carbons (Fsp3) is 0.429. The van der Waals surface area contributed by atoms with Gasteiger partial charge in [0.05, 0.1) is 25.1 Å². The van der Waals surface area contributed by atoms with Gasteiger partial charge in [-0.15, -0.1) is 0 Å². The fourth-order valence-corrected chi connectivity index (χ4v) is 2.53. The highest BCUT2D eigenvalue weighted by Crippen LogP contribution is 2.24. The monoisotopic (exact) mass is 290 g/mol. The third-order valence-electron chi connectivity index (χ3n) is 3.74. The molecular weight excluding hydrogens is 272 g/mol. The van der Waals surface area contributed by atoms with Gasteiger partial charge in [-0.2, -0.15) is 0 Å². The van der Waals surface area contributed by atoms with Gasteiger partial charge in [0, 0.05) is 31.1 Å². The van der Waals surface area contributed by atoms with Crippen LogP contribution in [-0.2, 0) is 16.0 Å². The van der Waals surface area contributed by atoms with Crippen molar-refractivity contribution < 1.29 is 14.6 Å². The van der Waals surface area contributed by atoms with Crippen LogP contribution in [0.4, 0.5) is 5.69 Å². The second-order valence-corrected chi connectivity index (χ2v) is 5.15. The maximum absolute atomic E-state index is 10.9. The van der Waals surface area contributed by atoms with E-state index in [2.05, 4.69) is 14.9 Å². The average molecular weight is 290 g/mol. The number of hydrogen-bond acceptors (Lipinski definition) is 5. The van der Waals surface area contributed by atoms with E-state index in [-0.39, 0.29) is 6.42 Å². The Hall–Kier alpha value is -2.12. The standard InChI is InChI=1S/C14H18N4O3/c15-12(14(19)20)5-9-7-16-13-11(9)6-10(8-17-13)18-1-3-21-4-2-18/h6-8,12H,1-5,15H2,(H,16,17)(H,19,20)/t12-/m0/s1. The van der Waals surface area contributed by atoms with Crippen LogP contribution in [0.5, 0.6) is 0 Å². The molecule has 4 N–H and O–H groups in total. The normalized spacial score (nSPS) is 17.1. The van der Waals surface area contributed by atoms with E-state index in [9.17, 15) is 4.79 Å². The zero-order chi connectivity index (χ0) is 14.8. The van der Waals surface area contributed by atoms with E-state index in [0.717, 1.165) is 35.4 Å². The minimum absolute atomic E-state index is 0.281. The van der Waals surface area contributed by atoms with E-state index in [4.69, 9.17) is 15.6 Å². The maximum Gasteiger partial charge on any atom is 0.320 e. The Morgan fingerprint density at radius 3 is 3.00 bits per heavy atom. The summed E-state index contributed by atoms with van der Waals surface area (Å²) in [6.07, 6.45) is 3.89. The lowest BCUT2D eigenvalue weighted by Gasteiger charge is -2.28. The van der Waals surface area contributed by atoms with Gasteiger partial charge in [-0.1, -0.05) is 0 Å². The molecule has 1 aliphatic heterocycles. The van der Waals surface area contributed by atoms with Crippen LogP contribution in [0.25, 0.3) is 11.0 Å². The fourth-order valence-electron chi connectivity index (χ4n) is 2.53. The SMILES string of the molecule is N[C@@H](Cc1c[nH]c2ncc(N3CCOCC3)cc12)C(=O)O. The molecule has 1 saturated heterocycles. The van der Waals surface area contributed by atoms with Crippen molar-refractivity contribution in [1.82, 2.24) is 9.97 Å². The summed E-state index contributed by atoms with van der Waals surface area (Å²) in [6, 6.07) is 1.13. The van der Waals surface area contributed by atoms with Gasteiger partial charge in [-0.25, -0.2) is 4.98 Å². The van der Waals surface area contributed by atoms with E-state index in [1.54, 1.807) is 6.20 Å². The lowest BCUT2D eigenvalue weighted by atomic mass is 10.1. The minimum Gasteiger partial charge on any atom is -0.480 e. The second kappa shape index (κ2) is 5.71. The van der Waals surface area contributed by atoms with E-state index >= 15 is 0 Å². The van der Waals surface area contributed by atoms with Crippen LogP contribution in [0.1, 0.15) is 5.56 Å². The topological polar surface area (TPSA) is 104 Å². The first-order valence-corrected chi connectivity index (χ1v) is 6.92. The average Bonchev–Trinajstić information content (AvgIpc) is 2.90. The Morgan fingerprint density at radius 2 is 2.29 bits per heavy atom. The summed E-state index contributed by atoms with van der Waals surface area (Å²) < 4.78 is 5.35. The Bertz CT molecular complexity index is 649. The first kappa shape index (κ1) is 13.8. The van der Waals surface area contributed by atoms with Gasteiger partial charge < -0.3 is 25.5 Å². The summed E-state index contributed by atoms with van der Waals surface area (Å²) in [5.41, 5.74) is 8.27. The summed E-state index contributed by atoms with van der Waals surface area (Å²) in [5, 5.41) is 9.86. The van der Waals surface area contributed by atoms with Gasteiger partial charge in [-0.05, 0) is 11.6 Å². The number of fused-ring (bicyclic) bond motifs is 1. The number of ether oxygens (including phenoxy) is 1. The number of aromatic amines is 1. The van der Waals surface area contributed by atoms with Crippen molar-refractivity contribution in [2.24, 2.45) is 5.73 Å². The summed E-state index contributed by atoms with van der Waals surface area (Å²) >= 11 is 0. The quantitative estimate of drug-likeness (QED) is 0.750. The van der Waals surface area contributed by atoms with E-state index in [0.29, 0.717) is 13.2 Å². The number of pyridine rings is 1. The molecule has 2 aromatic heterocycles. The Labute approximate surface area is 121 Å². The van der Waals surface area contributed by atoms with Crippen molar-refractivity contribution in [3.8, 4) is 0 Å². The molecule has 1 aliphatic rings. The van der Waals surface area contributed by atoms with Crippen molar-refractivity contribution >= 4 is 22.7 Å². The lowest BCUT2D eigenvalue weighted by Crippen LogP contribution is -2.36. The molecule has 0 aliphatic carbocycles. The second-order valence-electron chi connectivity index (χ2n) is 5.15. The number of carbonyl (C=O) groups is 1. The molecule has 1 atom stereocenters. The van der Waals surface area contributed by atoms with Crippen LogP contribution in [0.15, 0.2) is 18.5 Å². The highest BCUT2D eigenvalue weighted by Gasteiger charge is 2.17. The molecule has 0 spiro atoms. The molecule has 0 unspecified atom stereocenters. The number of nitrogens with one attached hydrogen (secondary N) is 1. The number of aliphatic carboxylic acids is 1. The molecule has 3 heterocycles. The van der Waals surface area contributed by atoms with Gasteiger partial charge in [0.1, 0.15) is 11.7 Å². The Kier molecular flexibility index (Phi) is 3.76. The van der Waals surface area contributed by atoms with Gasteiger partial charge >= 0.3 is 5.97 Å². The molecule has 0 saturated carbocycles. The first-order valence-electron chi connectivity index (χ1n) is 6.92. The van der Waals surface area contributed by atoms with Crippen LogP contribution in [0.3, 0.4) is 0 Å². The number of morpholine rings is 1. The molecule has 0 radical (unpaired) electrons. The van der Waals surface area contributed by atoms with E-state index in [1.807, 2.05) is 12.3 Å². The predicted octanol–water partition coefficient (Wildman–Crippen LogP) is 0.354. The largest absolute Gasteiger partial charge is 0.480 e.